The average molecular weight is 336 g/mol. The number of H-pyrrole nitrogens is 1. The van der Waals surface area contributed by atoms with Gasteiger partial charge < -0.3 is 15.0 Å². The van der Waals surface area contributed by atoms with Gasteiger partial charge >= 0.3 is 0 Å². The quantitative estimate of drug-likeness (QED) is 0.768. The summed E-state index contributed by atoms with van der Waals surface area (Å²) in [6, 6.07) is 11.5. The number of carbonyl (C=O) groups excluding carboxylic acids is 1. The first-order valence-corrected chi connectivity index (χ1v) is 8.55. The van der Waals surface area contributed by atoms with Crippen molar-refractivity contribution >= 4 is 16.8 Å². The van der Waals surface area contributed by atoms with E-state index in [0.29, 0.717) is 18.8 Å². The molecule has 0 bridgehead atoms. The van der Waals surface area contributed by atoms with Crippen molar-refractivity contribution in [1.82, 2.24) is 20.3 Å². The van der Waals surface area contributed by atoms with Crippen LogP contribution in [0.1, 0.15) is 40.8 Å². The van der Waals surface area contributed by atoms with Gasteiger partial charge in [0.1, 0.15) is 11.5 Å². The van der Waals surface area contributed by atoms with Gasteiger partial charge in [-0.05, 0) is 31.0 Å². The van der Waals surface area contributed by atoms with Crippen LogP contribution < -0.4 is 5.32 Å². The number of aromatic amines is 1. The molecule has 1 fully saturated rings. The molecule has 1 aliphatic heterocycles. The summed E-state index contributed by atoms with van der Waals surface area (Å²) in [6.45, 7) is 1.86. The first kappa shape index (κ1) is 15.8. The fourth-order valence-electron chi connectivity index (χ4n) is 3.11. The number of hydrogen-bond acceptors (Lipinski definition) is 4. The van der Waals surface area contributed by atoms with Crippen LogP contribution in [-0.2, 0) is 11.3 Å². The van der Waals surface area contributed by atoms with E-state index in [1.807, 2.05) is 36.4 Å². The molecule has 25 heavy (non-hydrogen) atoms. The molecule has 4 rings (SSSR count). The minimum absolute atomic E-state index is 0.141. The fraction of sp³-hybridized carbons (Fsp3) is 0.316. The van der Waals surface area contributed by atoms with Crippen LogP contribution in [0.25, 0.3) is 10.9 Å². The average Bonchev–Trinajstić information content (AvgIpc) is 3.11. The molecule has 1 aliphatic rings. The smallest absolute Gasteiger partial charge is 0.268 e. The second kappa shape index (κ2) is 7.03. The fourth-order valence-corrected chi connectivity index (χ4v) is 3.11. The van der Waals surface area contributed by atoms with Gasteiger partial charge in [-0.3, -0.25) is 4.79 Å². The molecule has 0 spiro atoms. The zero-order chi connectivity index (χ0) is 17.1. The minimum atomic E-state index is -0.141. The van der Waals surface area contributed by atoms with E-state index >= 15 is 0 Å². The lowest BCUT2D eigenvalue weighted by molar-refractivity contribution is 0.0779. The molecule has 3 aromatic rings. The molecule has 3 heterocycles. The number of nitrogens with one attached hydrogen (secondary N) is 2. The van der Waals surface area contributed by atoms with Crippen LogP contribution in [0.15, 0.2) is 42.6 Å². The summed E-state index contributed by atoms with van der Waals surface area (Å²) in [5.74, 6) is 0.910. The van der Waals surface area contributed by atoms with Gasteiger partial charge in [-0.15, -0.1) is 0 Å². The van der Waals surface area contributed by atoms with Crippen molar-refractivity contribution in [2.45, 2.75) is 25.3 Å². The molecule has 0 saturated carbocycles. The summed E-state index contributed by atoms with van der Waals surface area (Å²) in [6.07, 6.45) is 3.83. The maximum atomic E-state index is 12.4. The third-order valence-corrected chi connectivity index (χ3v) is 4.46. The molecule has 6 heteroatoms. The van der Waals surface area contributed by atoms with Gasteiger partial charge in [0.15, 0.2) is 0 Å². The Balaban J connectivity index is 1.42. The van der Waals surface area contributed by atoms with Crippen LogP contribution in [-0.4, -0.2) is 34.1 Å². The Morgan fingerprint density at radius 1 is 1.32 bits per heavy atom. The normalized spacial score (nSPS) is 17.5. The third-order valence-electron chi connectivity index (χ3n) is 4.46. The monoisotopic (exact) mass is 336 g/mol. The molecule has 1 aromatic carbocycles. The number of aromatic nitrogens is 3. The molecule has 128 valence electrons. The van der Waals surface area contributed by atoms with E-state index in [1.54, 1.807) is 6.20 Å². The Morgan fingerprint density at radius 2 is 2.24 bits per heavy atom. The van der Waals surface area contributed by atoms with Gasteiger partial charge in [0.05, 0.1) is 18.8 Å². The Morgan fingerprint density at radius 3 is 3.08 bits per heavy atom. The van der Waals surface area contributed by atoms with E-state index in [1.165, 1.54) is 0 Å². The van der Waals surface area contributed by atoms with E-state index < -0.39 is 0 Å². The maximum Gasteiger partial charge on any atom is 0.268 e. The van der Waals surface area contributed by atoms with Crippen molar-refractivity contribution in [3.8, 4) is 0 Å². The van der Waals surface area contributed by atoms with Crippen molar-refractivity contribution < 1.29 is 9.53 Å². The van der Waals surface area contributed by atoms with Crippen LogP contribution in [0.2, 0.25) is 0 Å². The van der Waals surface area contributed by atoms with E-state index in [4.69, 9.17) is 4.74 Å². The predicted octanol–water partition coefficient (Wildman–Crippen LogP) is 2.78. The molecule has 6 nitrogen and oxygen atoms in total. The molecule has 0 unspecified atom stereocenters. The molecule has 1 saturated heterocycles. The Kier molecular flexibility index (Phi) is 4.43. The number of para-hydroxylation sites is 1. The summed E-state index contributed by atoms with van der Waals surface area (Å²) >= 11 is 0. The van der Waals surface area contributed by atoms with Crippen LogP contribution in [0, 0.1) is 0 Å². The molecular formula is C19H20N4O2. The highest BCUT2D eigenvalue weighted by molar-refractivity contribution is 5.97. The maximum absolute atomic E-state index is 12.4. The van der Waals surface area contributed by atoms with Crippen molar-refractivity contribution in [2.24, 2.45) is 0 Å². The molecule has 1 atom stereocenters. The van der Waals surface area contributed by atoms with E-state index in [9.17, 15) is 4.79 Å². The molecular weight excluding hydrogens is 316 g/mol. The zero-order valence-electron chi connectivity index (χ0n) is 13.9. The first-order chi connectivity index (χ1) is 12.3. The summed E-state index contributed by atoms with van der Waals surface area (Å²) in [5, 5.41) is 3.94. The molecule has 0 aliphatic carbocycles. The number of fused-ring (bicyclic) bond motifs is 1. The van der Waals surface area contributed by atoms with Crippen LogP contribution in [0.5, 0.6) is 0 Å². The Bertz CT molecular complexity index is 851. The number of carbonyl (C=O) groups is 1. The SMILES string of the molecule is O=C(NCc1ccnc([C@@H]2CCCOC2)n1)c1cc2ccccc2[nH]1. The number of nitrogens with zero attached hydrogens (tertiary/aromatic N) is 2. The number of benzene rings is 1. The summed E-state index contributed by atoms with van der Waals surface area (Å²) in [4.78, 5) is 24.5. The molecule has 2 aromatic heterocycles. The molecule has 2 N–H and O–H groups in total. The second-order valence-corrected chi connectivity index (χ2v) is 6.27. The minimum Gasteiger partial charge on any atom is -0.381 e. The lowest BCUT2D eigenvalue weighted by Crippen LogP contribution is -2.24. The van der Waals surface area contributed by atoms with Crippen molar-refractivity contribution in [1.29, 1.82) is 0 Å². The van der Waals surface area contributed by atoms with Crippen molar-refractivity contribution in [3.63, 3.8) is 0 Å². The van der Waals surface area contributed by atoms with Crippen molar-refractivity contribution in [2.75, 3.05) is 13.2 Å². The standard InChI is InChI=1S/C19H20N4O2/c24-19(17-10-13-4-1-2-6-16(13)23-17)21-11-15-7-8-20-18(22-15)14-5-3-9-25-12-14/h1-2,4,6-8,10,14,23H,3,5,9,11-12H2,(H,21,24)/t14-/m1/s1. The largest absolute Gasteiger partial charge is 0.381 e. The van der Waals surface area contributed by atoms with Gasteiger partial charge in [0.2, 0.25) is 0 Å². The number of rotatable bonds is 4. The van der Waals surface area contributed by atoms with E-state index in [2.05, 4.69) is 20.3 Å². The summed E-state index contributed by atoms with van der Waals surface area (Å²) in [5.41, 5.74) is 2.31. The van der Waals surface area contributed by atoms with Gasteiger partial charge in [0.25, 0.3) is 5.91 Å². The van der Waals surface area contributed by atoms with Crippen LogP contribution in [0.3, 0.4) is 0 Å². The lowest BCUT2D eigenvalue weighted by atomic mass is 10.0. The zero-order valence-corrected chi connectivity index (χ0v) is 13.9. The topological polar surface area (TPSA) is 79.9 Å². The molecule has 1 amide bonds. The Labute approximate surface area is 145 Å². The summed E-state index contributed by atoms with van der Waals surface area (Å²) in [7, 11) is 0. The lowest BCUT2D eigenvalue weighted by Gasteiger charge is -2.20. The highest BCUT2D eigenvalue weighted by Crippen LogP contribution is 2.22. The van der Waals surface area contributed by atoms with Gasteiger partial charge in [-0.25, -0.2) is 9.97 Å². The summed E-state index contributed by atoms with van der Waals surface area (Å²) < 4.78 is 5.51. The first-order valence-electron chi connectivity index (χ1n) is 8.55. The number of hydrogen-bond donors (Lipinski definition) is 2. The van der Waals surface area contributed by atoms with Gasteiger partial charge in [-0.2, -0.15) is 0 Å². The third kappa shape index (κ3) is 3.53. The van der Waals surface area contributed by atoms with Crippen LogP contribution >= 0.6 is 0 Å². The predicted molar refractivity (Wildman–Crippen MR) is 94.3 cm³/mol. The number of ether oxygens (including phenoxy) is 1. The van der Waals surface area contributed by atoms with E-state index in [-0.39, 0.29) is 11.8 Å². The highest BCUT2D eigenvalue weighted by Gasteiger charge is 2.19. The van der Waals surface area contributed by atoms with Gasteiger partial charge in [-0.1, -0.05) is 18.2 Å². The van der Waals surface area contributed by atoms with Crippen molar-refractivity contribution in [3.05, 3.63) is 59.8 Å². The highest BCUT2D eigenvalue weighted by atomic mass is 16.5. The van der Waals surface area contributed by atoms with Gasteiger partial charge in [0, 0.05) is 29.6 Å². The number of amides is 1. The molecule has 0 radical (unpaired) electrons. The Hall–Kier alpha value is -2.73. The van der Waals surface area contributed by atoms with Crippen LogP contribution in [0.4, 0.5) is 0 Å². The van der Waals surface area contributed by atoms with E-state index in [0.717, 1.165) is 41.9 Å². The second-order valence-electron chi connectivity index (χ2n) is 6.27.